The molecular formula is C28H24FN3O5. The summed E-state index contributed by atoms with van der Waals surface area (Å²) in [6.07, 6.45) is 2.42. The van der Waals surface area contributed by atoms with E-state index in [0.29, 0.717) is 47.0 Å². The fourth-order valence-electron chi connectivity index (χ4n) is 4.01. The van der Waals surface area contributed by atoms with E-state index in [4.69, 9.17) is 14.2 Å². The van der Waals surface area contributed by atoms with Gasteiger partial charge in [-0.1, -0.05) is 12.1 Å². The molecule has 0 aliphatic heterocycles. The number of amides is 2. The number of carbonyl (C=O) groups is 2. The molecule has 0 spiro atoms. The van der Waals surface area contributed by atoms with Crippen molar-refractivity contribution in [2.45, 2.75) is 12.8 Å². The summed E-state index contributed by atoms with van der Waals surface area (Å²) in [6, 6.07) is 18.0. The normalized spacial score (nSPS) is 13.5. The Balaban J connectivity index is 1.28. The van der Waals surface area contributed by atoms with Crippen LogP contribution in [0.1, 0.15) is 12.8 Å². The van der Waals surface area contributed by atoms with Gasteiger partial charge in [-0.25, -0.2) is 4.39 Å². The van der Waals surface area contributed by atoms with Gasteiger partial charge in [-0.05, 0) is 61.4 Å². The summed E-state index contributed by atoms with van der Waals surface area (Å²) >= 11 is 0. The molecule has 1 aliphatic rings. The van der Waals surface area contributed by atoms with E-state index in [9.17, 15) is 14.0 Å². The zero-order valence-electron chi connectivity index (χ0n) is 20.2. The lowest BCUT2D eigenvalue weighted by Crippen LogP contribution is -2.35. The lowest BCUT2D eigenvalue weighted by Gasteiger charge is -2.16. The van der Waals surface area contributed by atoms with Gasteiger partial charge in [0.25, 0.3) is 0 Å². The number of anilines is 2. The molecule has 0 saturated heterocycles. The number of para-hydroxylation sites is 1. The van der Waals surface area contributed by atoms with Crippen molar-refractivity contribution in [1.82, 2.24) is 4.98 Å². The van der Waals surface area contributed by atoms with Gasteiger partial charge in [-0.2, -0.15) is 0 Å². The maximum Gasteiger partial charge on any atom is 0.240 e. The Morgan fingerprint density at radius 2 is 1.54 bits per heavy atom. The van der Waals surface area contributed by atoms with Crippen LogP contribution in [0, 0.1) is 11.2 Å². The first-order valence-corrected chi connectivity index (χ1v) is 11.6. The summed E-state index contributed by atoms with van der Waals surface area (Å²) in [5.41, 5.74) is 0.0246. The number of aromatic nitrogens is 1. The van der Waals surface area contributed by atoms with Crippen LogP contribution in [0.4, 0.5) is 15.8 Å². The third-order valence-electron chi connectivity index (χ3n) is 6.29. The number of hydrogen-bond donors (Lipinski definition) is 2. The van der Waals surface area contributed by atoms with Crippen molar-refractivity contribution in [2.75, 3.05) is 24.9 Å². The van der Waals surface area contributed by atoms with Gasteiger partial charge in [0.1, 0.15) is 22.7 Å². The van der Waals surface area contributed by atoms with E-state index in [1.165, 1.54) is 18.2 Å². The average molecular weight is 502 g/mol. The quantitative estimate of drug-likeness (QED) is 0.308. The fraction of sp³-hybridized carbons (Fsp3) is 0.179. The van der Waals surface area contributed by atoms with Crippen molar-refractivity contribution in [1.29, 1.82) is 0 Å². The minimum absolute atomic E-state index is 0.0489. The molecule has 0 atom stereocenters. The highest BCUT2D eigenvalue weighted by Gasteiger charge is 2.56. The first-order chi connectivity index (χ1) is 17.9. The van der Waals surface area contributed by atoms with Crippen LogP contribution >= 0.6 is 0 Å². The first kappa shape index (κ1) is 24.1. The summed E-state index contributed by atoms with van der Waals surface area (Å²) < 4.78 is 30.7. The number of fused-ring (bicyclic) bond motifs is 1. The van der Waals surface area contributed by atoms with E-state index in [0.717, 1.165) is 5.39 Å². The van der Waals surface area contributed by atoms with Gasteiger partial charge < -0.3 is 24.8 Å². The SMILES string of the molecule is COc1cc2nccc(Oc3ccc(NC(=O)C4(C(=O)Nc5ccccc5F)CC4)cc3)c2cc1OC. The molecule has 8 nitrogen and oxygen atoms in total. The molecule has 1 aromatic heterocycles. The predicted octanol–water partition coefficient (Wildman–Crippen LogP) is 5.54. The van der Waals surface area contributed by atoms with Gasteiger partial charge in [-0.3, -0.25) is 14.6 Å². The molecule has 0 radical (unpaired) electrons. The topological polar surface area (TPSA) is 98.8 Å². The van der Waals surface area contributed by atoms with Crippen molar-refractivity contribution < 1.29 is 28.2 Å². The van der Waals surface area contributed by atoms with Crippen LogP contribution < -0.4 is 24.8 Å². The number of carbonyl (C=O) groups excluding carboxylic acids is 2. The van der Waals surface area contributed by atoms with Crippen molar-refractivity contribution in [2.24, 2.45) is 5.41 Å². The van der Waals surface area contributed by atoms with E-state index < -0.39 is 23.0 Å². The third kappa shape index (κ3) is 4.75. The van der Waals surface area contributed by atoms with Crippen LogP contribution in [0.15, 0.2) is 72.9 Å². The molecule has 3 aromatic carbocycles. The molecule has 0 unspecified atom stereocenters. The van der Waals surface area contributed by atoms with Crippen LogP contribution in [0.2, 0.25) is 0 Å². The average Bonchev–Trinajstić information content (AvgIpc) is 3.73. The fourth-order valence-corrected chi connectivity index (χ4v) is 4.01. The maximum absolute atomic E-state index is 13.9. The predicted molar refractivity (Wildman–Crippen MR) is 137 cm³/mol. The van der Waals surface area contributed by atoms with Crippen molar-refractivity contribution in [3.05, 3.63) is 78.7 Å². The van der Waals surface area contributed by atoms with Crippen LogP contribution in [-0.2, 0) is 9.59 Å². The molecule has 2 N–H and O–H groups in total. The summed E-state index contributed by atoms with van der Waals surface area (Å²) in [5, 5.41) is 6.06. The Morgan fingerprint density at radius 3 is 2.22 bits per heavy atom. The molecule has 2 amide bonds. The van der Waals surface area contributed by atoms with E-state index >= 15 is 0 Å². The molecule has 1 fully saturated rings. The van der Waals surface area contributed by atoms with E-state index in [1.807, 2.05) is 0 Å². The van der Waals surface area contributed by atoms with Gasteiger partial charge >= 0.3 is 0 Å². The zero-order chi connectivity index (χ0) is 26.0. The number of rotatable bonds is 8. The van der Waals surface area contributed by atoms with Gasteiger partial charge in [0.2, 0.25) is 11.8 Å². The van der Waals surface area contributed by atoms with E-state index in [-0.39, 0.29) is 5.69 Å². The minimum atomic E-state index is -1.21. The lowest BCUT2D eigenvalue weighted by atomic mass is 10.0. The Bertz CT molecular complexity index is 1490. The Morgan fingerprint density at radius 1 is 0.865 bits per heavy atom. The molecule has 1 saturated carbocycles. The molecule has 188 valence electrons. The summed E-state index contributed by atoms with van der Waals surface area (Å²) in [5.74, 6) is 0.725. The lowest BCUT2D eigenvalue weighted by molar-refractivity contribution is -0.131. The van der Waals surface area contributed by atoms with Crippen LogP contribution in [0.3, 0.4) is 0 Å². The Labute approximate surface area is 212 Å². The maximum atomic E-state index is 13.9. The van der Waals surface area contributed by atoms with Gasteiger partial charge in [0.15, 0.2) is 11.5 Å². The van der Waals surface area contributed by atoms with Crippen molar-refractivity contribution >= 4 is 34.1 Å². The number of methoxy groups -OCH3 is 2. The highest BCUT2D eigenvalue weighted by molar-refractivity contribution is 6.16. The second-order valence-electron chi connectivity index (χ2n) is 8.63. The van der Waals surface area contributed by atoms with Gasteiger partial charge in [-0.15, -0.1) is 0 Å². The van der Waals surface area contributed by atoms with Crippen LogP contribution in [0.25, 0.3) is 10.9 Å². The van der Waals surface area contributed by atoms with Gasteiger partial charge in [0, 0.05) is 23.3 Å². The Kier molecular flexibility index (Phi) is 6.35. The first-order valence-electron chi connectivity index (χ1n) is 11.6. The second kappa shape index (κ2) is 9.77. The largest absolute Gasteiger partial charge is 0.493 e. The molecular weight excluding hydrogens is 477 g/mol. The third-order valence-corrected chi connectivity index (χ3v) is 6.29. The monoisotopic (exact) mass is 501 g/mol. The Hall–Kier alpha value is -4.66. The standard InChI is InChI=1S/C28H24FN3O5/c1-35-24-15-19-22(16-25(24)36-2)30-14-11-23(19)37-18-9-7-17(8-10-18)31-26(33)28(12-13-28)27(34)32-21-6-4-3-5-20(21)29/h3-11,14-16H,12-13H2,1-2H3,(H,31,33)(H,32,34). The summed E-state index contributed by atoms with van der Waals surface area (Å²) in [4.78, 5) is 30.0. The molecule has 0 bridgehead atoms. The molecule has 5 rings (SSSR count). The van der Waals surface area contributed by atoms with Crippen molar-refractivity contribution in [3.8, 4) is 23.0 Å². The van der Waals surface area contributed by atoms with Crippen molar-refractivity contribution in [3.63, 3.8) is 0 Å². The van der Waals surface area contributed by atoms with Crippen LogP contribution in [0.5, 0.6) is 23.0 Å². The molecule has 9 heteroatoms. The molecule has 4 aromatic rings. The van der Waals surface area contributed by atoms with Crippen LogP contribution in [-0.4, -0.2) is 31.0 Å². The second-order valence-corrected chi connectivity index (χ2v) is 8.63. The molecule has 1 heterocycles. The smallest absolute Gasteiger partial charge is 0.240 e. The van der Waals surface area contributed by atoms with E-state index in [1.54, 1.807) is 68.9 Å². The number of benzene rings is 3. The number of hydrogen-bond acceptors (Lipinski definition) is 6. The van der Waals surface area contributed by atoms with E-state index in [2.05, 4.69) is 15.6 Å². The number of halogens is 1. The summed E-state index contributed by atoms with van der Waals surface area (Å²) in [7, 11) is 3.12. The summed E-state index contributed by atoms with van der Waals surface area (Å²) in [6.45, 7) is 0. The molecule has 37 heavy (non-hydrogen) atoms. The number of ether oxygens (including phenoxy) is 3. The highest BCUT2D eigenvalue weighted by atomic mass is 19.1. The number of pyridine rings is 1. The zero-order valence-corrected chi connectivity index (χ0v) is 20.2. The number of nitrogens with one attached hydrogen (secondary N) is 2. The minimum Gasteiger partial charge on any atom is -0.493 e. The highest BCUT2D eigenvalue weighted by Crippen LogP contribution is 2.47. The number of nitrogens with zero attached hydrogens (tertiary/aromatic N) is 1. The van der Waals surface area contributed by atoms with Gasteiger partial charge in [0.05, 0.1) is 25.4 Å². The molecule has 1 aliphatic carbocycles.